The number of Topliss-reactive ketones (excluding diaryl/α,β-unsaturated/α-hetero) is 2. The summed E-state index contributed by atoms with van der Waals surface area (Å²) in [5.74, 6) is -0.135. The van der Waals surface area contributed by atoms with Crippen LogP contribution in [0.3, 0.4) is 0 Å². The molecule has 0 aliphatic carbocycles. The second-order valence-corrected chi connectivity index (χ2v) is 12.5. The van der Waals surface area contributed by atoms with Crippen LogP contribution in [0.5, 0.6) is 0 Å². The highest BCUT2D eigenvalue weighted by Crippen LogP contribution is 2.13. The monoisotopic (exact) mass is 516 g/mol. The number of ether oxygens (including phenoxy) is 1. The zero-order valence-corrected chi connectivity index (χ0v) is 23.9. The molecule has 0 saturated heterocycles. The maximum absolute atomic E-state index is 12.2. The average Bonchev–Trinajstić information content (AvgIpc) is 2.81. The number of methoxy groups -OCH3 is 1. The molecule has 0 aromatic rings. The molecular weight excluding hydrogens is 460 g/mol. The molecule has 0 unspecified atom stereocenters. The van der Waals surface area contributed by atoms with Gasteiger partial charge in [0.05, 0.1) is 5.75 Å². The third kappa shape index (κ3) is 26.1. The molecule has 0 aromatic heterocycles. The number of carbonyl (C=O) groups excluding carboxylic acids is 2. The first-order valence-corrected chi connectivity index (χ1v) is 16.5. The Hall–Kier alpha value is -0.750. The Bertz CT molecular complexity index is 600. The van der Waals surface area contributed by atoms with Crippen LogP contribution in [0.4, 0.5) is 0 Å². The van der Waals surface area contributed by atoms with Crippen LogP contribution in [-0.4, -0.2) is 45.2 Å². The van der Waals surface area contributed by atoms with Crippen LogP contribution >= 0.6 is 0 Å². The highest BCUT2D eigenvalue weighted by Gasteiger charge is 2.16. The Balaban J connectivity index is 3.56. The van der Waals surface area contributed by atoms with Gasteiger partial charge in [-0.2, -0.15) is 0 Å². The fourth-order valence-corrected chi connectivity index (χ4v) is 5.84. The van der Waals surface area contributed by atoms with E-state index < -0.39 is 9.84 Å². The molecular formula is C29H56O5S. The van der Waals surface area contributed by atoms with Crippen molar-refractivity contribution in [3.05, 3.63) is 0 Å². The number of ketones is 2. The molecule has 35 heavy (non-hydrogen) atoms. The fraction of sp³-hybridized carbons (Fsp3) is 0.931. The predicted octanol–water partition coefficient (Wildman–Crippen LogP) is 7.79. The van der Waals surface area contributed by atoms with Gasteiger partial charge in [-0.25, -0.2) is 8.42 Å². The van der Waals surface area contributed by atoms with Crippen molar-refractivity contribution in [1.29, 1.82) is 0 Å². The van der Waals surface area contributed by atoms with E-state index in [0.717, 1.165) is 58.0 Å². The van der Waals surface area contributed by atoms with Gasteiger partial charge in [-0.1, -0.05) is 96.8 Å². The lowest BCUT2D eigenvalue weighted by Gasteiger charge is -2.05. The molecule has 208 valence electrons. The Kier molecular flexibility index (Phi) is 24.4. The van der Waals surface area contributed by atoms with Crippen molar-refractivity contribution in [2.45, 2.75) is 148 Å². The zero-order chi connectivity index (χ0) is 26.0. The maximum atomic E-state index is 12.2. The standard InChI is InChI=1S/C29H56O5S/c1-3-4-5-6-7-8-9-10-11-12-13-14-17-24-29(31)27-35(32,33)26-21-16-19-23-28(30)22-18-15-20-25-34-2/h3-27H2,1-2H3. The normalized spacial score (nSPS) is 11.7. The highest BCUT2D eigenvalue weighted by atomic mass is 32.2. The summed E-state index contributed by atoms with van der Waals surface area (Å²) in [4.78, 5) is 23.9. The van der Waals surface area contributed by atoms with Gasteiger partial charge in [0.15, 0.2) is 9.84 Å². The number of hydrogen-bond acceptors (Lipinski definition) is 5. The van der Waals surface area contributed by atoms with Crippen molar-refractivity contribution >= 4 is 21.4 Å². The molecule has 0 saturated carbocycles. The van der Waals surface area contributed by atoms with E-state index in [2.05, 4.69) is 6.92 Å². The minimum atomic E-state index is -3.32. The summed E-state index contributed by atoms with van der Waals surface area (Å²) in [6.07, 6.45) is 22.7. The van der Waals surface area contributed by atoms with Crippen LogP contribution in [-0.2, 0) is 24.2 Å². The molecule has 0 aromatic carbocycles. The molecule has 5 nitrogen and oxygen atoms in total. The Morgan fingerprint density at radius 2 is 0.943 bits per heavy atom. The van der Waals surface area contributed by atoms with Crippen LogP contribution < -0.4 is 0 Å². The van der Waals surface area contributed by atoms with Gasteiger partial charge in [0.1, 0.15) is 17.3 Å². The van der Waals surface area contributed by atoms with Gasteiger partial charge in [0.25, 0.3) is 0 Å². The van der Waals surface area contributed by atoms with Crippen molar-refractivity contribution < 1.29 is 22.7 Å². The SMILES string of the molecule is CCCCCCCCCCCCCCCC(=O)CS(=O)(=O)CCCCCC(=O)CCCCCOC. The number of rotatable bonds is 28. The van der Waals surface area contributed by atoms with Gasteiger partial charge >= 0.3 is 0 Å². The van der Waals surface area contributed by atoms with Crippen LogP contribution in [0.2, 0.25) is 0 Å². The quantitative estimate of drug-likeness (QED) is 0.0992. The first kappa shape index (κ1) is 34.2. The molecule has 0 atom stereocenters. The average molecular weight is 517 g/mol. The molecule has 0 spiro atoms. The summed E-state index contributed by atoms with van der Waals surface area (Å²) >= 11 is 0. The minimum Gasteiger partial charge on any atom is -0.385 e. The zero-order valence-electron chi connectivity index (χ0n) is 23.1. The van der Waals surface area contributed by atoms with Crippen molar-refractivity contribution in [2.24, 2.45) is 0 Å². The van der Waals surface area contributed by atoms with E-state index in [9.17, 15) is 18.0 Å². The summed E-state index contributed by atoms with van der Waals surface area (Å²) < 4.78 is 29.4. The van der Waals surface area contributed by atoms with E-state index >= 15 is 0 Å². The highest BCUT2D eigenvalue weighted by molar-refractivity contribution is 7.92. The summed E-state index contributed by atoms with van der Waals surface area (Å²) in [6, 6.07) is 0. The van der Waals surface area contributed by atoms with Crippen LogP contribution in [0.25, 0.3) is 0 Å². The molecule has 0 aliphatic rings. The fourth-order valence-electron chi connectivity index (χ4n) is 4.42. The summed E-state index contributed by atoms with van der Waals surface area (Å²) in [5.41, 5.74) is 0. The maximum Gasteiger partial charge on any atom is 0.157 e. The van der Waals surface area contributed by atoms with Crippen LogP contribution in [0, 0.1) is 0 Å². The van der Waals surface area contributed by atoms with E-state index in [-0.39, 0.29) is 23.1 Å². The largest absolute Gasteiger partial charge is 0.385 e. The predicted molar refractivity (Wildman–Crippen MR) is 148 cm³/mol. The van der Waals surface area contributed by atoms with Gasteiger partial charge in [0.2, 0.25) is 0 Å². The topological polar surface area (TPSA) is 77.5 Å². The van der Waals surface area contributed by atoms with Crippen molar-refractivity contribution in [3.8, 4) is 0 Å². The molecule has 0 fully saturated rings. The molecule has 6 heteroatoms. The van der Waals surface area contributed by atoms with Crippen molar-refractivity contribution in [1.82, 2.24) is 0 Å². The van der Waals surface area contributed by atoms with E-state index in [4.69, 9.17) is 4.74 Å². The van der Waals surface area contributed by atoms with Gasteiger partial charge < -0.3 is 4.74 Å². The molecule has 0 aliphatic heterocycles. The van der Waals surface area contributed by atoms with Crippen LogP contribution in [0.1, 0.15) is 148 Å². The van der Waals surface area contributed by atoms with Gasteiger partial charge in [-0.3, -0.25) is 9.59 Å². The molecule has 0 rings (SSSR count). The Labute approximate surface area is 217 Å². The molecule has 0 bridgehead atoms. The Morgan fingerprint density at radius 3 is 1.43 bits per heavy atom. The molecule has 0 radical (unpaired) electrons. The summed E-state index contributed by atoms with van der Waals surface area (Å²) in [6.45, 7) is 2.99. The minimum absolute atomic E-state index is 0.0581. The first-order chi connectivity index (χ1) is 16.9. The summed E-state index contributed by atoms with van der Waals surface area (Å²) in [7, 11) is -1.64. The number of hydrogen-bond donors (Lipinski definition) is 0. The van der Waals surface area contributed by atoms with E-state index in [1.54, 1.807) is 7.11 Å². The lowest BCUT2D eigenvalue weighted by molar-refractivity contribution is -0.119. The molecule has 0 heterocycles. The molecule has 0 N–H and O–H groups in total. The number of sulfone groups is 1. The van der Waals surface area contributed by atoms with Gasteiger partial charge in [-0.15, -0.1) is 0 Å². The second-order valence-electron chi connectivity index (χ2n) is 10.3. The number of carbonyl (C=O) groups is 2. The van der Waals surface area contributed by atoms with E-state index in [1.165, 1.54) is 64.2 Å². The smallest absolute Gasteiger partial charge is 0.157 e. The van der Waals surface area contributed by atoms with Crippen LogP contribution in [0.15, 0.2) is 0 Å². The van der Waals surface area contributed by atoms with Gasteiger partial charge in [-0.05, 0) is 32.1 Å². The molecule has 0 amide bonds. The van der Waals surface area contributed by atoms with Gasteiger partial charge in [0, 0.05) is 33.0 Å². The lowest BCUT2D eigenvalue weighted by atomic mass is 10.0. The number of unbranched alkanes of at least 4 members (excludes halogenated alkanes) is 16. The van der Waals surface area contributed by atoms with E-state index in [1.807, 2.05) is 0 Å². The lowest BCUT2D eigenvalue weighted by Crippen LogP contribution is -2.18. The van der Waals surface area contributed by atoms with Crippen molar-refractivity contribution in [3.63, 3.8) is 0 Å². The third-order valence-electron chi connectivity index (χ3n) is 6.66. The van der Waals surface area contributed by atoms with E-state index in [0.29, 0.717) is 25.7 Å². The third-order valence-corrected chi connectivity index (χ3v) is 8.33. The first-order valence-electron chi connectivity index (χ1n) is 14.6. The summed E-state index contributed by atoms with van der Waals surface area (Å²) in [5, 5.41) is 0. The van der Waals surface area contributed by atoms with Crippen molar-refractivity contribution in [2.75, 3.05) is 25.2 Å². The second kappa shape index (κ2) is 24.9. The Morgan fingerprint density at radius 1 is 0.543 bits per heavy atom.